The number of para-hydroxylation sites is 2. The predicted octanol–water partition coefficient (Wildman–Crippen LogP) is 7.60. The van der Waals surface area contributed by atoms with E-state index in [1.165, 1.54) is 0 Å². The zero-order chi connectivity index (χ0) is 21.1. The van der Waals surface area contributed by atoms with E-state index in [4.69, 9.17) is 9.47 Å². The van der Waals surface area contributed by atoms with Crippen LogP contribution in [0.5, 0.6) is 23.0 Å². The molecular weight excluding hydrogens is 384 g/mol. The third-order valence-electron chi connectivity index (χ3n) is 4.30. The van der Waals surface area contributed by atoms with Crippen LogP contribution in [0.2, 0.25) is 0 Å². The SMILES string of the molecule is C(/C=C\Nc1ccc(Oc2ccccc2)cc1)=Nc1ccc(Oc2ccccc2)cc1. The molecule has 0 aliphatic heterocycles. The standard InChI is InChI=1S/C27H22N2O2/c1-3-8-24(9-4-1)30-26-16-12-22(13-17-26)28-20-7-21-29-23-14-18-27(19-15-23)31-25-10-5-2-6-11-25/h1-21,28H/b20-7-,29-21?. The van der Waals surface area contributed by atoms with Gasteiger partial charge in [0.25, 0.3) is 0 Å². The number of benzene rings is 4. The molecule has 0 saturated carbocycles. The maximum absolute atomic E-state index is 5.79. The summed E-state index contributed by atoms with van der Waals surface area (Å²) < 4.78 is 11.6. The van der Waals surface area contributed by atoms with Crippen molar-refractivity contribution < 1.29 is 9.47 Å². The fourth-order valence-corrected chi connectivity index (χ4v) is 2.79. The second-order valence-corrected chi connectivity index (χ2v) is 6.63. The second-order valence-electron chi connectivity index (χ2n) is 6.63. The Morgan fingerprint density at radius 2 is 1.03 bits per heavy atom. The first-order valence-corrected chi connectivity index (χ1v) is 9.97. The number of nitrogens with one attached hydrogen (secondary N) is 1. The fourth-order valence-electron chi connectivity index (χ4n) is 2.79. The number of nitrogens with zero attached hydrogens (tertiary/aromatic N) is 1. The van der Waals surface area contributed by atoms with E-state index in [0.29, 0.717) is 0 Å². The van der Waals surface area contributed by atoms with Gasteiger partial charge in [-0.3, -0.25) is 4.99 Å². The Kier molecular flexibility index (Phi) is 6.74. The molecule has 4 aromatic carbocycles. The Balaban J connectivity index is 1.25. The minimum atomic E-state index is 0.780. The monoisotopic (exact) mass is 406 g/mol. The van der Waals surface area contributed by atoms with E-state index in [2.05, 4.69) is 10.3 Å². The van der Waals surface area contributed by atoms with Gasteiger partial charge >= 0.3 is 0 Å². The molecule has 0 aliphatic carbocycles. The molecule has 0 spiro atoms. The molecule has 0 unspecified atom stereocenters. The van der Waals surface area contributed by atoms with Crippen LogP contribution in [-0.4, -0.2) is 6.21 Å². The van der Waals surface area contributed by atoms with E-state index in [0.717, 1.165) is 34.4 Å². The minimum Gasteiger partial charge on any atom is -0.457 e. The number of hydrogen-bond donors (Lipinski definition) is 1. The van der Waals surface area contributed by atoms with Crippen LogP contribution in [0.3, 0.4) is 0 Å². The van der Waals surface area contributed by atoms with Crippen LogP contribution >= 0.6 is 0 Å². The van der Waals surface area contributed by atoms with Gasteiger partial charge in [-0.25, -0.2) is 0 Å². The van der Waals surface area contributed by atoms with E-state index in [9.17, 15) is 0 Å². The van der Waals surface area contributed by atoms with Gasteiger partial charge in [-0.05, 0) is 78.9 Å². The molecule has 0 fully saturated rings. The first kappa shape index (κ1) is 20.0. The molecule has 0 bridgehead atoms. The van der Waals surface area contributed by atoms with Crippen molar-refractivity contribution >= 4 is 17.6 Å². The van der Waals surface area contributed by atoms with E-state index in [1.807, 2.05) is 121 Å². The van der Waals surface area contributed by atoms with E-state index >= 15 is 0 Å². The molecule has 1 N–H and O–H groups in total. The van der Waals surface area contributed by atoms with Gasteiger partial charge in [-0.2, -0.15) is 0 Å². The molecule has 0 radical (unpaired) electrons. The summed E-state index contributed by atoms with van der Waals surface area (Å²) in [5.74, 6) is 3.20. The van der Waals surface area contributed by atoms with Crippen molar-refractivity contribution in [2.45, 2.75) is 0 Å². The molecule has 152 valence electrons. The van der Waals surface area contributed by atoms with Gasteiger partial charge < -0.3 is 14.8 Å². The highest BCUT2D eigenvalue weighted by atomic mass is 16.5. The summed E-state index contributed by atoms with van der Waals surface area (Å²) in [7, 11) is 0. The summed E-state index contributed by atoms with van der Waals surface area (Å²) >= 11 is 0. The zero-order valence-electron chi connectivity index (χ0n) is 16.9. The third kappa shape index (κ3) is 6.34. The van der Waals surface area contributed by atoms with Crippen LogP contribution in [0.15, 0.2) is 126 Å². The molecule has 4 nitrogen and oxygen atoms in total. The van der Waals surface area contributed by atoms with Crippen molar-refractivity contribution in [3.8, 4) is 23.0 Å². The van der Waals surface area contributed by atoms with Crippen LogP contribution in [0, 0.1) is 0 Å². The first-order chi connectivity index (χ1) is 15.3. The lowest BCUT2D eigenvalue weighted by atomic mass is 10.3. The number of anilines is 1. The molecule has 0 amide bonds. The van der Waals surface area contributed by atoms with Crippen molar-refractivity contribution in [3.63, 3.8) is 0 Å². The van der Waals surface area contributed by atoms with Crippen molar-refractivity contribution in [1.82, 2.24) is 0 Å². The summed E-state index contributed by atoms with van der Waals surface area (Å²) in [6.45, 7) is 0. The lowest BCUT2D eigenvalue weighted by Gasteiger charge is -2.06. The van der Waals surface area contributed by atoms with Gasteiger partial charge in [0.1, 0.15) is 23.0 Å². The highest BCUT2D eigenvalue weighted by molar-refractivity contribution is 5.75. The van der Waals surface area contributed by atoms with Gasteiger partial charge in [0, 0.05) is 18.1 Å². The molecule has 0 heterocycles. The van der Waals surface area contributed by atoms with Gasteiger partial charge in [0.05, 0.1) is 5.69 Å². The fraction of sp³-hybridized carbons (Fsp3) is 0. The normalized spacial score (nSPS) is 11.0. The van der Waals surface area contributed by atoms with Gasteiger partial charge in [-0.1, -0.05) is 36.4 Å². The molecular formula is C27H22N2O2. The Labute approximate surface area is 182 Å². The number of rotatable bonds is 8. The van der Waals surface area contributed by atoms with Gasteiger partial charge in [0.15, 0.2) is 0 Å². The summed E-state index contributed by atoms with van der Waals surface area (Å²) in [5.41, 5.74) is 1.82. The van der Waals surface area contributed by atoms with Crippen LogP contribution in [-0.2, 0) is 0 Å². The second kappa shape index (κ2) is 10.5. The highest BCUT2D eigenvalue weighted by Gasteiger charge is 1.97. The lowest BCUT2D eigenvalue weighted by molar-refractivity contribution is 0.482. The topological polar surface area (TPSA) is 42.8 Å². The molecule has 0 aromatic heterocycles. The van der Waals surface area contributed by atoms with E-state index in [-0.39, 0.29) is 0 Å². The van der Waals surface area contributed by atoms with Crippen LogP contribution in [0.4, 0.5) is 11.4 Å². The largest absolute Gasteiger partial charge is 0.457 e. The molecule has 31 heavy (non-hydrogen) atoms. The third-order valence-corrected chi connectivity index (χ3v) is 4.30. The van der Waals surface area contributed by atoms with Crippen molar-refractivity contribution in [2.75, 3.05) is 5.32 Å². The Morgan fingerprint density at radius 3 is 1.58 bits per heavy atom. The van der Waals surface area contributed by atoms with Gasteiger partial charge in [0.2, 0.25) is 0 Å². The van der Waals surface area contributed by atoms with Crippen LogP contribution in [0.25, 0.3) is 0 Å². The Morgan fingerprint density at radius 1 is 0.548 bits per heavy atom. The van der Waals surface area contributed by atoms with Crippen molar-refractivity contribution in [1.29, 1.82) is 0 Å². The molecule has 0 aliphatic rings. The average Bonchev–Trinajstić information content (AvgIpc) is 2.82. The van der Waals surface area contributed by atoms with E-state index < -0.39 is 0 Å². The number of aliphatic imine (C=N–C) groups is 1. The number of ether oxygens (including phenoxy) is 2. The average molecular weight is 406 g/mol. The summed E-state index contributed by atoms with van der Waals surface area (Å²) in [6, 6.07) is 34.8. The molecule has 4 aromatic rings. The van der Waals surface area contributed by atoms with Crippen LogP contribution in [0.1, 0.15) is 0 Å². The van der Waals surface area contributed by atoms with Crippen LogP contribution < -0.4 is 14.8 Å². The number of hydrogen-bond acceptors (Lipinski definition) is 4. The van der Waals surface area contributed by atoms with Crippen molar-refractivity contribution in [3.05, 3.63) is 121 Å². The zero-order valence-corrected chi connectivity index (χ0v) is 16.9. The summed E-state index contributed by atoms with van der Waals surface area (Å²) in [6.07, 6.45) is 5.43. The van der Waals surface area contributed by atoms with E-state index in [1.54, 1.807) is 6.21 Å². The molecule has 0 atom stereocenters. The summed E-state index contributed by atoms with van der Waals surface area (Å²) in [4.78, 5) is 4.42. The highest BCUT2D eigenvalue weighted by Crippen LogP contribution is 2.24. The minimum absolute atomic E-state index is 0.780. The van der Waals surface area contributed by atoms with Gasteiger partial charge in [-0.15, -0.1) is 0 Å². The summed E-state index contributed by atoms with van der Waals surface area (Å²) in [5, 5.41) is 3.21. The van der Waals surface area contributed by atoms with Crippen molar-refractivity contribution in [2.24, 2.45) is 4.99 Å². The molecule has 0 saturated heterocycles. The Hall–Kier alpha value is -4.31. The smallest absolute Gasteiger partial charge is 0.127 e. The quantitative estimate of drug-likeness (QED) is 0.306. The first-order valence-electron chi connectivity index (χ1n) is 9.97. The maximum atomic E-state index is 5.79. The molecule has 4 heteroatoms. The molecule has 4 rings (SSSR count). The lowest BCUT2D eigenvalue weighted by Crippen LogP contribution is -1.88. The maximum Gasteiger partial charge on any atom is 0.127 e. The number of allylic oxidation sites excluding steroid dienone is 1. The Bertz CT molecular complexity index is 1120. The predicted molar refractivity (Wildman–Crippen MR) is 127 cm³/mol.